The highest BCUT2D eigenvalue weighted by Crippen LogP contribution is 2.23. The highest BCUT2D eigenvalue weighted by molar-refractivity contribution is 5.89. The van der Waals surface area contributed by atoms with E-state index < -0.39 is 0 Å². The topological polar surface area (TPSA) is 101 Å². The molecule has 0 aliphatic heterocycles. The fourth-order valence-electron chi connectivity index (χ4n) is 1.71. The second-order valence-electron chi connectivity index (χ2n) is 5.36. The van der Waals surface area contributed by atoms with Crippen molar-refractivity contribution in [2.45, 2.75) is 33.2 Å². The molecular formula is C12H22N6. The minimum absolute atomic E-state index is 0.0794. The predicted molar refractivity (Wildman–Crippen MR) is 74.7 cm³/mol. The minimum atomic E-state index is -0.0794. The molecule has 1 unspecified atom stereocenters. The number of aromatic nitrogens is 1. The second kappa shape index (κ2) is 6.20. The number of anilines is 1. The van der Waals surface area contributed by atoms with Crippen LogP contribution in [0.4, 0.5) is 5.69 Å². The second-order valence-corrected chi connectivity index (χ2v) is 5.36. The Labute approximate surface area is 108 Å². The maximum Gasteiger partial charge on any atom is 0.158 e. The van der Waals surface area contributed by atoms with Gasteiger partial charge in [-0.05, 0) is 24.0 Å². The Bertz CT molecular complexity index is 381. The van der Waals surface area contributed by atoms with Crippen molar-refractivity contribution in [1.82, 2.24) is 10.4 Å². The molecule has 0 radical (unpaired) electrons. The van der Waals surface area contributed by atoms with Crippen molar-refractivity contribution < 1.29 is 0 Å². The minimum Gasteiger partial charge on any atom is -0.374 e. The van der Waals surface area contributed by atoms with Crippen LogP contribution in [0, 0.1) is 5.41 Å². The molecule has 1 atom stereocenters. The van der Waals surface area contributed by atoms with Crippen LogP contribution >= 0.6 is 0 Å². The molecule has 0 saturated carbocycles. The van der Waals surface area contributed by atoms with Crippen molar-refractivity contribution in [2.75, 3.05) is 5.32 Å². The summed E-state index contributed by atoms with van der Waals surface area (Å²) in [6, 6.07) is 3.73. The molecule has 100 valence electrons. The van der Waals surface area contributed by atoms with E-state index >= 15 is 0 Å². The summed E-state index contributed by atoms with van der Waals surface area (Å²) in [6.45, 7) is 6.45. The van der Waals surface area contributed by atoms with E-state index in [0.29, 0.717) is 5.84 Å². The van der Waals surface area contributed by atoms with Gasteiger partial charge in [-0.1, -0.05) is 20.8 Å². The first-order valence-corrected chi connectivity index (χ1v) is 5.87. The van der Waals surface area contributed by atoms with E-state index in [0.717, 1.165) is 12.1 Å². The van der Waals surface area contributed by atoms with Gasteiger partial charge in [0.1, 0.15) is 0 Å². The maximum absolute atomic E-state index is 5.44. The van der Waals surface area contributed by atoms with Gasteiger partial charge in [0.15, 0.2) is 5.84 Å². The Kier molecular flexibility index (Phi) is 4.91. The number of amidine groups is 1. The fourth-order valence-corrected chi connectivity index (χ4v) is 1.71. The van der Waals surface area contributed by atoms with Gasteiger partial charge < -0.3 is 16.6 Å². The molecule has 0 spiro atoms. The van der Waals surface area contributed by atoms with Crippen molar-refractivity contribution in [2.24, 2.45) is 22.2 Å². The van der Waals surface area contributed by atoms with Gasteiger partial charge in [-0.15, -0.1) is 0 Å². The zero-order valence-corrected chi connectivity index (χ0v) is 11.1. The van der Waals surface area contributed by atoms with Crippen LogP contribution in [0.25, 0.3) is 0 Å². The number of hydrazine groups is 1. The van der Waals surface area contributed by atoms with E-state index in [1.807, 2.05) is 12.1 Å². The van der Waals surface area contributed by atoms with Gasteiger partial charge in [0, 0.05) is 12.4 Å². The molecule has 1 aromatic heterocycles. The van der Waals surface area contributed by atoms with Crippen LogP contribution in [-0.2, 0) is 0 Å². The molecule has 0 aliphatic carbocycles. The van der Waals surface area contributed by atoms with Crippen LogP contribution in [-0.4, -0.2) is 16.9 Å². The van der Waals surface area contributed by atoms with Crippen molar-refractivity contribution in [1.29, 1.82) is 0 Å². The van der Waals surface area contributed by atoms with Crippen LogP contribution in [0.5, 0.6) is 0 Å². The van der Waals surface area contributed by atoms with Gasteiger partial charge in [0.05, 0.1) is 11.7 Å². The molecular weight excluding hydrogens is 228 g/mol. The lowest BCUT2D eigenvalue weighted by Gasteiger charge is -2.27. The molecule has 0 saturated heterocycles. The summed E-state index contributed by atoms with van der Waals surface area (Å²) in [5, 5.41) is 7.01. The third-order valence-corrected chi connectivity index (χ3v) is 2.44. The van der Waals surface area contributed by atoms with Crippen molar-refractivity contribution in [3.63, 3.8) is 0 Å². The molecule has 0 fully saturated rings. The third kappa shape index (κ3) is 4.58. The average molecular weight is 250 g/mol. The van der Waals surface area contributed by atoms with Crippen LogP contribution in [0.3, 0.4) is 0 Å². The Balaban J connectivity index is 2.84. The Morgan fingerprint density at radius 3 is 2.67 bits per heavy atom. The van der Waals surface area contributed by atoms with E-state index in [4.69, 9.17) is 11.7 Å². The maximum atomic E-state index is 5.44. The number of nitrogens with one attached hydrogen (secondary N) is 2. The summed E-state index contributed by atoms with van der Waals surface area (Å²) >= 11 is 0. The number of nitrogens with zero attached hydrogens (tertiary/aromatic N) is 2. The lowest BCUT2D eigenvalue weighted by atomic mass is 9.87. The van der Waals surface area contributed by atoms with E-state index in [9.17, 15) is 0 Å². The molecule has 0 bridgehead atoms. The number of hydrogen-bond acceptors (Lipinski definition) is 5. The average Bonchev–Trinajstić information content (AvgIpc) is 2.29. The highest BCUT2D eigenvalue weighted by atomic mass is 15.3. The van der Waals surface area contributed by atoms with Gasteiger partial charge in [0.25, 0.3) is 0 Å². The van der Waals surface area contributed by atoms with Gasteiger partial charge in [-0.3, -0.25) is 4.98 Å². The lowest BCUT2D eigenvalue weighted by molar-refractivity contribution is 0.372. The zero-order chi connectivity index (χ0) is 13.6. The standard InChI is InChI=1S/C12H22N6/c1-12(2,3)7-10(11(17-13)18-14)16-9-5-4-6-15-8-9/h4-6,8,10,16H,7,13-14H2,1-3H3,(H,17,18). The molecule has 6 N–H and O–H groups in total. The summed E-state index contributed by atoms with van der Waals surface area (Å²) in [5.74, 6) is 11.3. The number of pyridine rings is 1. The van der Waals surface area contributed by atoms with Crippen LogP contribution in [0.1, 0.15) is 27.2 Å². The number of hydrogen-bond donors (Lipinski definition) is 4. The summed E-state index contributed by atoms with van der Waals surface area (Å²) in [4.78, 5) is 4.06. The molecule has 1 rings (SSSR count). The van der Waals surface area contributed by atoms with Gasteiger partial charge in [0.2, 0.25) is 0 Å². The number of hydrazone groups is 1. The predicted octanol–water partition coefficient (Wildman–Crippen LogP) is 1.03. The summed E-state index contributed by atoms with van der Waals surface area (Å²) in [5.41, 5.74) is 3.56. The first-order chi connectivity index (χ1) is 8.46. The molecule has 0 aromatic carbocycles. The van der Waals surface area contributed by atoms with Crippen LogP contribution in [0.15, 0.2) is 29.6 Å². The first-order valence-electron chi connectivity index (χ1n) is 5.87. The molecule has 18 heavy (non-hydrogen) atoms. The van der Waals surface area contributed by atoms with E-state index in [1.165, 1.54) is 0 Å². The smallest absolute Gasteiger partial charge is 0.158 e. The highest BCUT2D eigenvalue weighted by Gasteiger charge is 2.23. The van der Waals surface area contributed by atoms with Crippen LogP contribution < -0.4 is 22.4 Å². The first kappa shape index (κ1) is 14.2. The third-order valence-electron chi connectivity index (χ3n) is 2.44. The largest absolute Gasteiger partial charge is 0.374 e. The SMILES string of the molecule is CC(C)(C)CC(Nc1cccnc1)/C(=N/N)NN. The number of rotatable bonds is 4. The Hall–Kier alpha value is -1.82. The Morgan fingerprint density at radius 1 is 1.50 bits per heavy atom. The summed E-state index contributed by atoms with van der Waals surface area (Å²) in [7, 11) is 0. The number of nitrogens with two attached hydrogens (primary N) is 2. The van der Waals surface area contributed by atoms with Gasteiger partial charge >= 0.3 is 0 Å². The molecule has 0 aliphatic rings. The summed E-state index contributed by atoms with van der Waals surface area (Å²) < 4.78 is 0. The van der Waals surface area contributed by atoms with E-state index in [2.05, 4.69) is 41.6 Å². The van der Waals surface area contributed by atoms with Crippen molar-refractivity contribution in [3.8, 4) is 0 Å². The van der Waals surface area contributed by atoms with E-state index in [-0.39, 0.29) is 11.5 Å². The van der Waals surface area contributed by atoms with Gasteiger partial charge in [-0.2, -0.15) is 5.10 Å². The molecule has 0 amide bonds. The quantitative estimate of drug-likeness (QED) is 0.277. The van der Waals surface area contributed by atoms with Crippen molar-refractivity contribution in [3.05, 3.63) is 24.5 Å². The molecule has 1 heterocycles. The lowest BCUT2D eigenvalue weighted by Crippen LogP contribution is -2.45. The zero-order valence-electron chi connectivity index (χ0n) is 11.1. The molecule has 6 heteroatoms. The van der Waals surface area contributed by atoms with Gasteiger partial charge in [-0.25, -0.2) is 5.84 Å². The van der Waals surface area contributed by atoms with E-state index in [1.54, 1.807) is 12.4 Å². The Morgan fingerprint density at radius 2 is 2.22 bits per heavy atom. The van der Waals surface area contributed by atoms with Crippen molar-refractivity contribution >= 4 is 11.5 Å². The molecule has 6 nitrogen and oxygen atoms in total. The monoisotopic (exact) mass is 250 g/mol. The molecule has 1 aromatic rings. The fraction of sp³-hybridized carbons (Fsp3) is 0.500. The summed E-state index contributed by atoms with van der Waals surface area (Å²) in [6.07, 6.45) is 4.31. The normalized spacial score (nSPS) is 14.1. The van der Waals surface area contributed by atoms with Crippen LogP contribution in [0.2, 0.25) is 0 Å².